The molecular formula is C18H26N4O2. The van der Waals surface area contributed by atoms with Crippen molar-refractivity contribution < 1.29 is 9.59 Å². The molecule has 2 aliphatic rings. The van der Waals surface area contributed by atoms with Gasteiger partial charge in [0.25, 0.3) is 0 Å². The zero-order valence-electron chi connectivity index (χ0n) is 14.3. The van der Waals surface area contributed by atoms with Crippen LogP contribution in [0.2, 0.25) is 0 Å². The van der Waals surface area contributed by atoms with Crippen molar-refractivity contribution in [3.8, 4) is 0 Å². The van der Waals surface area contributed by atoms with Gasteiger partial charge < -0.3 is 20.9 Å². The van der Waals surface area contributed by atoms with Crippen molar-refractivity contribution in [3.63, 3.8) is 0 Å². The van der Waals surface area contributed by atoms with Gasteiger partial charge in [-0.25, -0.2) is 9.59 Å². The van der Waals surface area contributed by atoms with E-state index in [2.05, 4.69) is 22.9 Å². The molecule has 0 heterocycles. The lowest BCUT2D eigenvalue weighted by Crippen LogP contribution is -2.44. The van der Waals surface area contributed by atoms with Gasteiger partial charge in [-0.3, -0.25) is 0 Å². The highest BCUT2D eigenvalue weighted by Gasteiger charge is 2.41. The maximum absolute atomic E-state index is 12.7. The smallest absolute Gasteiger partial charge is 0.322 e. The van der Waals surface area contributed by atoms with Crippen molar-refractivity contribution in [1.29, 1.82) is 0 Å². The van der Waals surface area contributed by atoms with Gasteiger partial charge in [0.1, 0.15) is 0 Å². The highest BCUT2D eigenvalue weighted by molar-refractivity contribution is 5.93. The van der Waals surface area contributed by atoms with Crippen molar-refractivity contribution in [2.45, 2.75) is 51.6 Å². The van der Waals surface area contributed by atoms with E-state index in [1.165, 1.54) is 12.8 Å². The third-order valence-electron chi connectivity index (χ3n) is 4.63. The Balaban J connectivity index is 1.63. The molecule has 1 atom stereocenters. The molecule has 1 aromatic carbocycles. The summed E-state index contributed by atoms with van der Waals surface area (Å²) in [7, 11) is 0. The monoisotopic (exact) mass is 330 g/mol. The maximum Gasteiger partial charge on any atom is 0.322 e. The van der Waals surface area contributed by atoms with E-state index in [0.29, 0.717) is 35.9 Å². The lowest BCUT2D eigenvalue weighted by Gasteiger charge is -2.29. The van der Waals surface area contributed by atoms with Crippen LogP contribution in [-0.2, 0) is 0 Å². The van der Waals surface area contributed by atoms with Crippen LogP contribution in [0.1, 0.15) is 39.5 Å². The average molecular weight is 330 g/mol. The Morgan fingerprint density at radius 2 is 1.83 bits per heavy atom. The Morgan fingerprint density at radius 3 is 2.42 bits per heavy atom. The third kappa shape index (κ3) is 4.19. The van der Waals surface area contributed by atoms with Crippen LogP contribution >= 0.6 is 0 Å². The van der Waals surface area contributed by atoms with Crippen LogP contribution in [0.25, 0.3) is 0 Å². The number of carbonyl (C=O) groups excluding carboxylic acids is 2. The number of hydrogen-bond donors (Lipinski definition) is 3. The van der Waals surface area contributed by atoms with Crippen LogP contribution in [-0.4, -0.2) is 35.6 Å². The molecule has 2 aliphatic carbocycles. The predicted octanol–water partition coefficient (Wildman–Crippen LogP) is 3.62. The van der Waals surface area contributed by atoms with E-state index in [0.717, 1.165) is 12.8 Å². The summed E-state index contributed by atoms with van der Waals surface area (Å²) in [6.45, 7) is 4.59. The number of rotatable bonds is 6. The van der Waals surface area contributed by atoms with Gasteiger partial charge >= 0.3 is 12.1 Å². The molecule has 6 heteroatoms. The highest BCUT2D eigenvalue weighted by Crippen LogP contribution is 2.40. The minimum atomic E-state index is -0.247. The van der Waals surface area contributed by atoms with Gasteiger partial charge in [-0.2, -0.15) is 0 Å². The van der Waals surface area contributed by atoms with E-state index in [9.17, 15) is 9.59 Å². The Labute approximate surface area is 143 Å². The van der Waals surface area contributed by atoms with Gasteiger partial charge in [-0.05, 0) is 63.6 Å². The quantitative estimate of drug-likeness (QED) is 0.745. The first-order valence-corrected chi connectivity index (χ1v) is 8.82. The van der Waals surface area contributed by atoms with E-state index in [-0.39, 0.29) is 12.1 Å². The fourth-order valence-electron chi connectivity index (χ4n) is 3.04. The molecular weight excluding hydrogens is 304 g/mol. The summed E-state index contributed by atoms with van der Waals surface area (Å²) in [5.41, 5.74) is 1.36. The van der Waals surface area contributed by atoms with Crippen LogP contribution in [0, 0.1) is 5.92 Å². The van der Waals surface area contributed by atoms with Gasteiger partial charge in [0, 0.05) is 30.0 Å². The topological polar surface area (TPSA) is 73.5 Å². The summed E-state index contributed by atoms with van der Waals surface area (Å²) in [4.78, 5) is 26.3. The first kappa shape index (κ1) is 16.6. The van der Waals surface area contributed by atoms with Crippen molar-refractivity contribution in [2.75, 3.05) is 17.2 Å². The van der Waals surface area contributed by atoms with Gasteiger partial charge in [0.15, 0.2) is 0 Å². The average Bonchev–Trinajstić information content (AvgIpc) is 3.41. The summed E-state index contributed by atoms with van der Waals surface area (Å²) in [6.07, 6.45) is 4.65. The molecule has 2 saturated carbocycles. The molecule has 0 saturated heterocycles. The van der Waals surface area contributed by atoms with E-state index < -0.39 is 0 Å². The van der Waals surface area contributed by atoms with E-state index in [4.69, 9.17) is 0 Å². The highest BCUT2D eigenvalue weighted by atomic mass is 16.2. The molecule has 0 radical (unpaired) electrons. The van der Waals surface area contributed by atoms with Gasteiger partial charge in [-0.1, -0.05) is 6.07 Å². The fourth-order valence-corrected chi connectivity index (χ4v) is 3.04. The van der Waals surface area contributed by atoms with Crippen LogP contribution in [0.15, 0.2) is 24.3 Å². The Morgan fingerprint density at radius 1 is 1.17 bits per heavy atom. The van der Waals surface area contributed by atoms with Crippen molar-refractivity contribution in [3.05, 3.63) is 24.3 Å². The standard InChI is InChI=1S/C18H26N4O2/c1-3-19-17(23)20-14-5-4-6-15(11-14)21-18(24)22(16-9-10-16)12(2)13-7-8-13/h4-6,11-13,16H,3,7-10H2,1-2H3,(H,21,24)(H2,19,20,23)/t12-/m1/s1. The molecule has 130 valence electrons. The Kier molecular flexibility index (Phi) is 4.92. The lowest BCUT2D eigenvalue weighted by molar-refractivity contribution is 0.180. The molecule has 3 rings (SSSR count). The van der Waals surface area contributed by atoms with Gasteiger partial charge in [-0.15, -0.1) is 0 Å². The maximum atomic E-state index is 12.7. The van der Waals surface area contributed by atoms with Crippen LogP contribution in [0.5, 0.6) is 0 Å². The third-order valence-corrected chi connectivity index (χ3v) is 4.63. The Bertz CT molecular complexity index is 611. The second kappa shape index (κ2) is 7.11. The molecule has 3 N–H and O–H groups in total. The summed E-state index contributed by atoms with van der Waals surface area (Å²) < 4.78 is 0. The SMILES string of the molecule is CCNC(=O)Nc1cccc(NC(=O)N(C2CC2)[C@H](C)C2CC2)c1. The zero-order chi connectivity index (χ0) is 17.1. The first-order chi connectivity index (χ1) is 11.6. The number of nitrogens with zero attached hydrogens (tertiary/aromatic N) is 1. The van der Waals surface area contributed by atoms with Crippen molar-refractivity contribution in [2.24, 2.45) is 5.92 Å². The lowest BCUT2D eigenvalue weighted by atomic mass is 10.2. The summed E-state index contributed by atoms with van der Waals surface area (Å²) in [5.74, 6) is 0.655. The Hall–Kier alpha value is -2.24. The van der Waals surface area contributed by atoms with Crippen LogP contribution < -0.4 is 16.0 Å². The number of hydrogen-bond acceptors (Lipinski definition) is 2. The summed E-state index contributed by atoms with van der Waals surface area (Å²) in [6, 6.07) is 7.65. The predicted molar refractivity (Wildman–Crippen MR) is 95.2 cm³/mol. The minimum Gasteiger partial charge on any atom is -0.338 e. The van der Waals surface area contributed by atoms with Crippen molar-refractivity contribution >= 4 is 23.4 Å². The second-order valence-corrected chi connectivity index (χ2v) is 6.71. The zero-order valence-corrected chi connectivity index (χ0v) is 14.3. The van der Waals surface area contributed by atoms with Crippen LogP contribution in [0.4, 0.5) is 21.0 Å². The largest absolute Gasteiger partial charge is 0.338 e. The molecule has 0 unspecified atom stereocenters. The van der Waals surface area contributed by atoms with Gasteiger partial charge in [0.2, 0.25) is 0 Å². The molecule has 0 bridgehead atoms. The van der Waals surface area contributed by atoms with E-state index >= 15 is 0 Å². The summed E-state index contributed by atoms with van der Waals surface area (Å²) in [5, 5.41) is 8.43. The van der Waals surface area contributed by atoms with E-state index in [1.807, 2.05) is 24.0 Å². The van der Waals surface area contributed by atoms with Gasteiger partial charge in [0.05, 0.1) is 0 Å². The molecule has 4 amide bonds. The van der Waals surface area contributed by atoms with E-state index in [1.54, 1.807) is 12.1 Å². The first-order valence-electron chi connectivity index (χ1n) is 8.82. The normalized spacial score (nSPS) is 17.8. The molecule has 0 aliphatic heterocycles. The number of amides is 4. The number of carbonyl (C=O) groups is 2. The molecule has 24 heavy (non-hydrogen) atoms. The van der Waals surface area contributed by atoms with Crippen molar-refractivity contribution in [1.82, 2.24) is 10.2 Å². The second-order valence-electron chi connectivity index (χ2n) is 6.71. The van der Waals surface area contributed by atoms with Crippen LogP contribution in [0.3, 0.4) is 0 Å². The number of benzene rings is 1. The molecule has 2 fully saturated rings. The molecule has 0 aromatic heterocycles. The molecule has 6 nitrogen and oxygen atoms in total. The summed E-state index contributed by atoms with van der Waals surface area (Å²) >= 11 is 0. The fraction of sp³-hybridized carbons (Fsp3) is 0.556. The minimum absolute atomic E-state index is 0.0351. The number of nitrogens with one attached hydrogen (secondary N) is 3. The molecule has 1 aromatic rings. The number of urea groups is 2. The molecule has 0 spiro atoms. The number of anilines is 2.